The molecule has 0 saturated carbocycles. The summed E-state index contributed by atoms with van der Waals surface area (Å²) in [4.78, 5) is 13.8. The second-order valence-corrected chi connectivity index (χ2v) is 6.70. The van der Waals surface area contributed by atoms with E-state index in [9.17, 15) is 13.2 Å². The van der Waals surface area contributed by atoms with E-state index >= 15 is 0 Å². The normalized spacial score (nSPS) is 25.6. The number of carbonyl (C=O) groups excluding carboxylic acids is 1. The smallest absolute Gasteiger partial charge is 0.243 e. The third kappa shape index (κ3) is 2.73. The van der Waals surface area contributed by atoms with E-state index in [1.54, 1.807) is 11.8 Å². The molecule has 1 fully saturated rings. The van der Waals surface area contributed by atoms with Crippen LogP contribution in [0.5, 0.6) is 0 Å². The van der Waals surface area contributed by atoms with E-state index in [1.165, 1.54) is 4.31 Å². The van der Waals surface area contributed by atoms with Gasteiger partial charge in [-0.3, -0.25) is 10.1 Å². The van der Waals surface area contributed by atoms with Crippen LogP contribution in [0.15, 0.2) is 12.2 Å². The monoisotopic (exact) mass is 273 g/mol. The Morgan fingerprint density at radius 3 is 2.50 bits per heavy atom. The van der Waals surface area contributed by atoms with Crippen LogP contribution >= 0.6 is 0 Å². The van der Waals surface area contributed by atoms with Crippen molar-refractivity contribution in [3.8, 4) is 0 Å². The van der Waals surface area contributed by atoms with Crippen LogP contribution in [0.2, 0.25) is 0 Å². The first-order chi connectivity index (χ1) is 8.54. The SMILES string of the molecule is CCS(=O)(=O)N1CCN(C(=O)C2C=CCN2)CC1. The van der Waals surface area contributed by atoms with Gasteiger partial charge in [0, 0.05) is 32.7 Å². The summed E-state index contributed by atoms with van der Waals surface area (Å²) in [5.41, 5.74) is 0. The number of nitrogens with one attached hydrogen (secondary N) is 1. The zero-order chi connectivity index (χ0) is 13.2. The Bertz CT molecular complexity index is 438. The minimum Gasteiger partial charge on any atom is -0.338 e. The minimum absolute atomic E-state index is 0.0392. The Morgan fingerprint density at radius 1 is 1.33 bits per heavy atom. The molecular weight excluding hydrogens is 254 g/mol. The Morgan fingerprint density at radius 2 is 2.00 bits per heavy atom. The molecule has 0 aliphatic carbocycles. The van der Waals surface area contributed by atoms with Crippen LogP contribution in [-0.2, 0) is 14.8 Å². The van der Waals surface area contributed by atoms with Gasteiger partial charge in [0.25, 0.3) is 0 Å². The van der Waals surface area contributed by atoms with E-state index in [-0.39, 0.29) is 17.7 Å². The molecule has 0 radical (unpaired) electrons. The Hall–Kier alpha value is -0.920. The predicted octanol–water partition coefficient (Wildman–Crippen LogP) is -0.992. The first-order valence-corrected chi connectivity index (χ1v) is 7.82. The van der Waals surface area contributed by atoms with Crippen molar-refractivity contribution in [2.24, 2.45) is 0 Å². The molecule has 6 nitrogen and oxygen atoms in total. The van der Waals surface area contributed by atoms with Crippen molar-refractivity contribution >= 4 is 15.9 Å². The molecule has 2 aliphatic heterocycles. The largest absolute Gasteiger partial charge is 0.338 e. The number of carbonyl (C=O) groups is 1. The van der Waals surface area contributed by atoms with E-state index in [1.807, 2.05) is 12.2 Å². The number of rotatable bonds is 3. The van der Waals surface area contributed by atoms with Crippen molar-refractivity contribution in [2.75, 3.05) is 38.5 Å². The summed E-state index contributed by atoms with van der Waals surface area (Å²) < 4.78 is 24.8. The van der Waals surface area contributed by atoms with E-state index < -0.39 is 10.0 Å². The number of amides is 1. The fourth-order valence-electron chi connectivity index (χ4n) is 2.20. The summed E-state index contributed by atoms with van der Waals surface area (Å²) in [6.45, 7) is 4.12. The molecule has 2 rings (SSSR count). The van der Waals surface area contributed by atoms with Gasteiger partial charge in [0.15, 0.2) is 0 Å². The van der Waals surface area contributed by atoms with E-state index in [0.29, 0.717) is 26.2 Å². The number of sulfonamides is 1. The molecule has 0 bridgehead atoms. The fraction of sp³-hybridized carbons (Fsp3) is 0.727. The first-order valence-electron chi connectivity index (χ1n) is 6.21. The number of piperazine rings is 1. The maximum Gasteiger partial charge on any atom is 0.243 e. The van der Waals surface area contributed by atoms with Crippen LogP contribution < -0.4 is 5.32 Å². The van der Waals surface area contributed by atoms with Gasteiger partial charge in [-0.2, -0.15) is 4.31 Å². The summed E-state index contributed by atoms with van der Waals surface area (Å²) in [7, 11) is -3.12. The Labute approximate surface area is 108 Å². The van der Waals surface area contributed by atoms with Crippen LogP contribution in [0.4, 0.5) is 0 Å². The number of hydrogen-bond donors (Lipinski definition) is 1. The highest BCUT2D eigenvalue weighted by molar-refractivity contribution is 7.89. The van der Waals surface area contributed by atoms with Crippen LogP contribution in [0.25, 0.3) is 0 Å². The molecule has 0 spiro atoms. The first kappa shape index (κ1) is 13.5. The Kier molecular flexibility index (Phi) is 4.04. The molecule has 7 heteroatoms. The lowest BCUT2D eigenvalue weighted by molar-refractivity contribution is -0.133. The molecule has 2 aliphatic rings. The minimum atomic E-state index is -3.12. The maximum atomic E-state index is 12.1. The lowest BCUT2D eigenvalue weighted by atomic mass is 10.2. The van der Waals surface area contributed by atoms with E-state index in [2.05, 4.69) is 5.32 Å². The average molecular weight is 273 g/mol. The lowest BCUT2D eigenvalue weighted by Gasteiger charge is -2.34. The lowest BCUT2D eigenvalue weighted by Crippen LogP contribution is -2.54. The predicted molar refractivity (Wildman–Crippen MR) is 68.5 cm³/mol. The summed E-state index contributed by atoms with van der Waals surface area (Å²) >= 11 is 0. The van der Waals surface area contributed by atoms with Gasteiger partial charge in [0.05, 0.1) is 5.75 Å². The van der Waals surface area contributed by atoms with Gasteiger partial charge in [-0.05, 0) is 6.92 Å². The van der Waals surface area contributed by atoms with Crippen LogP contribution in [0, 0.1) is 0 Å². The highest BCUT2D eigenvalue weighted by Crippen LogP contribution is 2.10. The molecule has 2 heterocycles. The molecule has 0 aromatic carbocycles. The fourth-order valence-corrected chi connectivity index (χ4v) is 3.29. The molecule has 1 saturated heterocycles. The summed E-state index contributed by atoms with van der Waals surface area (Å²) in [6.07, 6.45) is 3.79. The highest BCUT2D eigenvalue weighted by atomic mass is 32.2. The van der Waals surface area contributed by atoms with Gasteiger partial charge in [-0.15, -0.1) is 0 Å². The summed E-state index contributed by atoms with van der Waals surface area (Å²) in [5, 5.41) is 3.07. The van der Waals surface area contributed by atoms with Gasteiger partial charge < -0.3 is 4.90 Å². The molecule has 102 valence electrons. The van der Waals surface area contributed by atoms with E-state index in [0.717, 1.165) is 6.54 Å². The van der Waals surface area contributed by atoms with Gasteiger partial charge in [-0.25, -0.2) is 8.42 Å². The molecule has 1 amide bonds. The zero-order valence-electron chi connectivity index (χ0n) is 10.5. The molecule has 18 heavy (non-hydrogen) atoms. The van der Waals surface area contributed by atoms with Crippen molar-refractivity contribution in [1.82, 2.24) is 14.5 Å². The second-order valence-electron chi connectivity index (χ2n) is 4.44. The van der Waals surface area contributed by atoms with Gasteiger partial charge >= 0.3 is 0 Å². The van der Waals surface area contributed by atoms with Crippen molar-refractivity contribution in [1.29, 1.82) is 0 Å². The molecule has 1 N–H and O–H groups in total. The van der Waals surface area contributed by atoms with Gasteiger partial charge in [0.2, 0.25) is 15.9 Å². The maximum absolute atomic E-state index is 12.1. The van der Waals surface area contributed by atoms with Crippen LogP contribution in [-0.4, -0.2) is 68.0 Å². The quantitative estimate of drug-likeness (QED) is 0.670. The third-order valence-corrected chi connectivity index (χ3v) is 5.24. The molecule has 1 unspecified atom stereocenters. The van der Waals surface area contributed by atoms with Crippen LogP contribution in [0.1, 0.15) is 6.92 Å². The number of nitrogens with zero attached hydrogens (tertiary/aromatic N) is 2. The van der Waals surface area contributed by atoms with Crippen molar-refractivity contribution in [3.05, 3.63) is 12.2 Å². The van der Waals surface area contributed by atoms with Crippen molar-refractivity contribution < 1.29 is 13.2 Å². The van der Waals surface area contributed by atoms with E-state index in [4.69, 9.17) is 0 Å². The Balaban J connectivity index is 1.90. The standard InChI is InChI=1S/C11H19N3O3S/c1-2-18(16,17)14-8-6-13(7-9-14)11(15)10-4-3-5-12-10/h3-4,10,12H,2,5-9H2,1H3. The molecule has 0 aromatic heterocycles. The number of hydrogen-bond acceptors (Lipinski definition) is 4. The highest BCUT2D eigenvalue weighted by Gasteiger charge is 2.30. The topological polar surface area (TPSA) is 69.7 Å². The summed E-state index contributed by atoms with van der Waals surface area (Å²) in [5.74, 6) is 0.158. The molecule has 0 aromatic rings. The van der Waals surface area contributed by atoms with Crippen molar-refractivity contribution in [2.45, 2.75) is 13.0 Å². The average Bonchev–Trinajstić information content (AvgIpc) is 2.92. The van der Waals surface area contributed by atoms with Crippen LogP contribution in [0.3, 0.4) is 0 Å². The zero-order valence-corrected chi connectivity index (χ0v) is 11.3. The van der Waals surface area contributed by atoms with Gasteiger partial charge in [0.1, 0.15) is 6.04 Å². The second kappa shape index (κ2) is 5.38. The van der Waals surface area contributed by atoms with Gasteiger partial charge in [-0.1, -0.05) is 12.2 Å². The molecular formula is C11H19N3O3S. The van der Waals surface area contributed by atoms with Crippen molar-refractivity contribution in [3.63, 3.8) is 0 Å². The summed E-state index contributed by atoms with van der Waals surface area (Å²) in [6, 6.07) is -0.237. The third-order valence-electron chi connectivity index (χ3n) is 3.36. The molecule has 1 atom stereocenters.